The van der Waals surface area contributed by atoms with Crippen LogP contribution in [0.25, 0.3) is 0 Å². The second-order valence-electron chi connectivity index (χ2n) is 9.18. The standard InChI is InChI=1S/C23H32ClN3O5/c1-23(2,3)32-22(30)26-13-15-8-9-17(24)12-16(15)14-25-20(28)18-6-4-10-27(18)21(29)19-7-5-11-31-19/h8-9,12,18-19H,4-7,10-11,13-14H2,1-3H3,(H,25,28)(H,26,30)/t18-,19+/m0/s1. The number of amides is 3. The summed E-state index contributed by atoms with van der Waals surface area (Å²) in [6, 6.07) is 4.81. The zero-order valence-corrected chi connectivity index (χ0v) is 19.7. The molecule has 2 saturated heterocycles. The van der Waals surface area contributed by atoms with Crippen molar-refractivity contribution in [3.63, 3.8) is 0 Å². The van der Waals surface area contributed by atoms with Gasteiger partial charge in [-0.3, -0.25) is 9.59 Å². The van der Waals surface area contributed by atoms with Crippen LogP contribution in [0.3, 0.4) is 0 Å². The van der Waals surface area contributed by atoms with Gasteiger partial charge in [0.15, 0.2) is 0 Å². The molecule has 2 aliphatic rings. The summed E-state index contributed by atoms with van der Waals surface area (Å²) in [5.74, 6) is -0.287. The zero-order chi connectivity index (χ0) is 23.3. The van der Waals surface area contributed by atoms with Crippen molar-refractivity contribution in [1.29, 1.82) is 0 Å². The first-order valence-electron chi connectivity index (χ1n) is 11.1. The quantitative estimate of drug-likeness (QED) is 0.672. The Morgan fingerprint density at radius 2 is 1.88 bits per heavy atom. The van der Waals surface area contributed by atoms with Crippen LogP contribution in [0.4, 0.5) is 4.79 Å². The van der Waals surface area contributed by atoms with Crippen LogP contribution in [0.2, 0.25) is 5.02 Å². The molecule has 0 aromatic heterocycles. The largest absolute Gasteiger partial charge is 0.444 e. The van der Waals surface area contributed by atoms with Gasteiger partial charge in [-0.15, -0.1) is 0 Å². The van der Waals surface area contributed by atoms with Crippen molar-refractivity contribution in [2.24, 2.45) is 0 Å². The Morgan fingerprint density at radius 1 is 1.12 bits per heavy atom. The van der Waals surface area contributed by atoms with Gasteiger partial charge in [0.25, 0.3) is 5.91 Å². The van der Waals surface area contributed by atoms with Crippen LogP contribution in [-0.4, -0.2) is 53.7 Å². The molecule has 3 rings (SSSR count). The predicted octanol–water partition coefficient (Wildman–Crippen LogP) is 3.15. The first kappa shape index (κ1) is 24.3. The van der Waals surface area contributed by atoms with E-state index >= 15 is 0 Å². The lowest BCUT2D eigenvalue weighted by Crippen LogP contribution is -2.49. The van der Waals surface area contributed by atoms with Crippen LogP contribution < -0.4 is 10.6 Å². The molecule has 2 heterocycles. The highest BCUT2D eigenvalue weighted by molar-refractivity contribution is 6.30. The lowest BCUT2D eigenvalue weighted by atomic mass is 10.1. The van der Waals surface area contributed by atoms with Crippen molar-refractivity contribution in [2.45, 2.75) is 77.3 Å². The van der Waals surface area contributed by atoms with E-state index in [1.807, 2.05) is 6.07 Å². The first-order chi connectivity index (χ1) is 15.1. The average molecular weight is 466 g/mol. The van der Waals surface area contributed by atoms with Crippen LogP contribution in [0.15, 0.2) is 18.2 Å². The number of likely N-dealkylation sites (tertiary alicyclic amines) is 1. The summed E-state index contributed by atoms with van der Waals surface area (Å²) >= 11 is 6.15. The fourth-order valence-corrected chi connectivity index (χ4v) is 4.17. The van der Waals surface area contributed by atoms with E-state index in [4.69, 9.17) is 21.1 Å². The van der Waals surface area contributed by atoms with Crippen LogP contribution in [0, 0.1) is 0 Å². The summed E-state index contributed by atoms with van der Waals surface area (Å²) in [4.78, 5) is 39.3. The molecule has 1 aromatic carbocycles. The van der Waals surface area contributed by atoms with Gasteiger partial charge >= 0.3 is 6.09 Å². The number of hydrogen-bond acceptors (Lipinski definition) is 5. The first-order valence-corrected chi connectivity index (χ1v) is 11.5. The van der Waals surface area contributed by atoms with Crippen molar-refractivity contribution >= 4 is 29.5 Å². The summed E-state index contributed by atoms with van der Waals surface area (Å²) in [5.41, 5.74) is 1.02. The number of rotatable bonds is 6. The predicted molar refractivity (Wildman–Crippen MR) is 120 cm³/mol. The van der Waals surface area contributed by atoms with E-state index in [0.29, 0.717) is 31.0 Å². The molecule has 0 bridgehead atoms. The van der Waals surface area contributed by atoms with E-state index in [9.17, 15) is 14.4 Å². The topological polar surface area (TPSA) is 97.0 Å². The van der Waals surface area contributed by atoms with Gasteiger partial charge in [-0.05, 0) is 69.7 Å². The summed E-state index contributed by atoms with van der Waals surface area (Å²) in [5, 5.41) is 6.19. The van der Waals surface area contributed by atoms with Crippen LogP contribution in [-0.2, 0) is 32.2 Å². The number of ether oxygens (including phenoxy) is 2. The van der Waals surface area contributed by atoms with Crippen molar-refractivity contribution in [2.75, 3.05) is 13.2 Å². The monoisotopic (exact) mass is 465 g/mol. The Hall–Kier alpha value is -2.32. The van der Waals surface area contributed by atoms with E-state index in [1.54, 1.807) is 37.8 Å². The summed E-state index contributed by atoms with van der Waals surface area (Å²) in [6.45, 7) is 7.03. The number of carbonyl (C=O) groups excluding carboxylic acids is 3. The molecular weight excluding hydrogens is 434 g/mol. The van der Waals surface area contributed by atoms with E-state index in [2.05, 4.69) is 10.6 Å². The van der Waals surface area contributed by atoms with E-state index in [-0.39, 0.29) is 24.9 Å². The number of hydrogen-bond donors (Lipinski definition) is 2. The minimum Gasteiger partial charge on any atom is -0.444 e. The Balaban J connectivity index is 1.59. The molecule has 2 fully saturated rings. The molecule has 0 aliphatic carbocycles. The third-order valence-corrected chi connectivity index (χ3v) is 5.72. The Labute approximate surface area is 193 Å². The van der Waals surface area contributed by atoms with E-state index in [0.717, 1.165) is 24.0 Å². The fourth-order valence-electron chi connectivity index (χ4n) is 3.97. The molecule has 9 heteroatoms. The molecule has 1 aromatic rings. The molecule has 176 valence electrons. The number of carbonyl (C=O) groups is 3. The van der Waals surface area contributed by atoms with E-state index < -0.39 is 23.8 Å². The summed E-state index contributed by atoms with van der Waals surface area (Å²) < 4.78 is 10.8. The molecular formula is C23H32ClN3O5. The molecule has 2 N–H and O–H groups in total. The Morgan fingerprint density at radius 3 is 2.56 bits per heavy atom. The summed E-state index contributed by atoms with van der Waals surface area (Å²) in [6.07, 6.45) is 2.06. The highest BCUT2D eigenvalue weighted by Crippen LogP contribution is 2.23. The number of nitrogens with one attached hydrogen (secondary N) is 2. The fraction of sp³-hybridized carbons (Fsp3) is 0.609. The number of halogens is 1. The van der Waals surface area contributed by atoms with Gasteiger partial charge in [0.2, 0.25) is 5.91 Å². The van der Waals surface area contributed by atoms with Crippen LogP contribution in [0.5, 0.6) is 0 Å². The molecule has 0 unspecified atom stereocenters. The van der Waals surface area contributed by atoms with Gasteiger partial charge in [0.05, 0.1) is 0 Å². The second kappa shape index (κ2) is 10.5. The molecule has 0 spiro atoms. The third-order valence-electron chi connectivity index (χ3n) is 5.49. The summed E-state index contributed by atoms with van der Waals surface area (Å²) in [7, 11) is 0. The van der Waals surface area contributed by atoms with Crippen LogP contribution >= 0.6 is 11.6 Å². The zero-order valence-electron chi connectivity index (χ0n) is 18.9. The number of benzene rings is 1. The maximum atomic E-state index is 12.9. The lowest BCUT2D eigenvalue weighted by Gasteiger charge is -2.26. The molecule has 32 heavy (non-hydrogen) atoms. The Kier molecular flexibility index (Phi) is 8.00. The second-order valence-corrected chi connectivity index (χ2v) is 9.61. The highest BCUT2D eigenvalue weighted by atomic mass is 35.5. The molecule has 8 nitrogen and oxygen atoms in total. The molecule has 2 atom stereocenters. The maximum absolute atomic E-state index is 12.9. The lowest BCUT2D eigenvalue weighted by molar-refractivity contribution is -0.145. The molecule has 3 amide bonds. The van der Waals surface area contributed by atoms with Gasteiger partial charge in [-0.1, -0.05) is 17.7 Å². The van der Waals surface area contributed by atoms with Crippen LogP contribution in [0.1, 0.15) is 57.6 Å². The minimum atomic E-state index is -0.588. The average Bonchev–Trinajstić information content (AvgIpc) is 3.41. The SMILES string of the molecule is CC(C)(C)OC(=O)NCc1ccc(Cl)cc1CNC(=O)[C@@H]1CCCN1C(=O)[C@H]1CCCO1. The Bertz CT molecular complexity index is 849. The van der Waals surface area contributed by atoms with Gasteiger partial charge in [-0.2, -0.15) is 0 Å². The van der Waals surface area contributed by atoms with Crippen molar-refractivity contribution < 1.29 is 23.9 Å². The highest BCUT2D eigenvalue weighted by Gasteiger charge is 2.38. The van der Waals surface area contributed by atoms with Crippen molar-refractivity contribution in [3.8, 4) is 0 Å². The van der Waals surface area contributed by atoms with Crippen molar-refractivity contribution in [1.82, 2.24) is 15.5 Å². The van der Waals surface area contributed by atoms with E-state index in [1.165, 1.54) is 0 Å². The van der Waals surface area contributed by atoms with Gasteiger partial charge < -0.3 is 25.0 Å². The normalized spacial score (nSPS) is 20.8. The minimum absolute atomic E-state index is 0.0924. The number of alkyl carbamates (subject to hydrolysis) is 1. The number of nitrogens with zero attached hydrogens (tertiary/aromatic N) is 1. The molecule has 2 aliphatic heterocycles. The molecule has 0 radical (unpaired) electrons. The van der Waals surface area contributed by atoms with Gasteiger partial charge in [-0.25, -0.2) is 4.79 Å². The van der Waals surface area contributed by atoms with Gasteiger partial charge in [0.1, 0.15) is 17.7 Å². The van der Waals surface area contributed by atoms with Gasteiger partial charge in [0, 0.05) is 31.3 Å². The maximum Gasteiger partial charge on any atom is 0.407 e. The smallest absolute Gasteiger partial charge is 0.407 e. The molecule has 0 saturated carbocycles. The van der Waals surface area contributed by atoms with Crippen molar-refractivity contribution in [3.05, 3.63) is 34.3 Å². The third kappa shape index (κ3) is 6.59.